The summed E-state index contributed by atoms with van der Waals surface area (Å²) in [5.41, 5.74) is 2.89. The highest BCUT2D eigenvalue weighted by Crippen LogP contribution is 2.27. The van der Waals surface area contributed by atoms with Crippen molar-refractivity contribution < 1.29 is 0 Å². The number of thiol groups is 1. The average Bonchev–Trinajstić information content (AvgIpc) is 2.05. The normalized spacial score (nSPS) is 24.1. The smallest absolute Gasteiger partial charge is 0.0122 e. The molecule has 0 aromatic rings. The molecule has 0 nitrogen and oxygen atoms in total. The van der Waals surface area contributed by atoms with E-state index in [1.807, 2.05) is 0 Å². The molecule has 0 saturated carbocycles. The molecule has 0 aromatic carbocycles. The first kappa shape index (κ1) is 10.4. The molecule has 0 heterocycles. The third-order valence-electron chi connectivity index (χ3n) is 2.09. The van der Waals surface area contributed by atoms with Crippen molar-refractivity contribution in [3.05, 3.63) is 33.5 Å². The molecule has 0 radical (unpaired) electrons. The zero-order valence-electron chi connectivity index (χ0n) is 7.13. The minimum atomic E-state index is 0.587. The molecule has 12 heavy (non-hydrogen) atoms. The summed E-state index contributed by atoms with van der Waals surface area (Å²) in [4.78, 5) is 0. The highest BCUT2D eigenvalue weighted by molar-refractivity contribution is 14.1. The summed E-state index contributed by atoms with van der Waals surface area (Å²) in [5, 5.41) is 0. The van der Waals surface area contributed by atoms with E-state index in [9.17, 15) is 0 Å². The quantitative estimate of drug-likeness (QED) is 0.581. The molecule has 0 N–H and O–H groups in total. The fourth-order valence-electron chi connectivity index (χ4n) is 1.37. The summed E-state index contributed by atoms with van der Waals surface area (Å²) in [7, 11) is 0. The van der Waals surface area contributed by atoms with Gasteiger partial charge in [0.1, 0.15) is 0 Å². The second-order valence-corrected chi connectivity index (χ2v) is 4.08. The van der Waals surface area contributed by atoms with E-state index in [0.29, 0.717) is 5.92 Å². The highest BCUT2D eigenvalue weighted by atomic mass is 127. The summed E-state index contributed by atoms with van der Waals surface area (Å²) < 4.78 is 2.10. The van der Waals surface area contributed by atoms with Crippen LogP contribution in [-0.2, 0) is 0 Å². The van der Waals surface area contributed by atoms with Crippen molar-refractivity contribution in [2.45, 2.75) is 13.3 Å². The maximum Gasteiger partial charge on any atom is 0.0122 e. The largest absolute Gasteiger partial charge is 0.175 e. The molecule has 1 aliphatic carbocycles. The van der Waals surface area contributed by atoms with Crippen molar-refractivity contribution in [2.24, 2.45) is 5.92 Å². The predicted octanol–water partition coefficient (Wildman–Crippen LogP) is 3.76. The van der Waals surface area contributed by atoms with Crippen LogP contribution in [0.25, 0.3) is 0 Å². The molecular formula is C10H13IS. The maximum absolute atomic E-state index is 4.31. The van der Waals surface area contributed by atoms with Gasteiger partial charge in [0.15, 0.2) is 0 Å². The van der Waals surface area contributed by atoms with Crippen molar-refractivity contribution >= 4 is 35.2 Å². The van der Waals surface area contributed by atoms with Gasteiger partial charge in [0, 0.05) is 11.7 Å². The summed E-state index contributed by atoms with van der Waals surface area (Å²) in [6, 6.07) is 0. The van der Waals surface area contributed by atoms with Crippen LogP contribution < -0.4 is 0 Å². The first-order valence-corrected chi connectivity index (χ1v) is 5.89. The fraction of sp³-hybridized carbons (Fsp3) is 0.400. The number of hydrogen-bond donors (Lipinski definition) is 1. The lowest BCUT2D eigenvalue weighted by Gasteiger charge is -2.19. The summed E-state index contributed by atoms with van der Waals surface area (Å²) >= 11 is 6.58. The van der Waals surface area contributed by atoms with Gasteiger partial charge < -0.3 is 0 Å². The standard InChI is InChI=1S/C10H13IS/c1-8-2-3-10(7-12)9(6-8)4-5-11/h2-5,9,12H,6-7H2,1H3/b5-4-. The van der Waals surface area contributed by atoms with Crippen LogP contribution in [0.1, 0.15) is 13.3 Å². The van der Waals surface area contributed by atoms with Gasteiger partial charge in [-0.25, -0.2) is 0 Å². The second kappa shape index (κ2) is 5.12. The topological polar surface area (TPSA) is 0 Å². The molecule has 0 bridgehead atoms. The van der Waals surface area contributed by atoms with E-state index < -0.39 is 0 Å². The van der Waals surface area contributed by atoms with Gasteiger partial charge in [-0.05, 0) is 17.4 Å². The Balaban J connectivity index is 2.77. The third kappa shape index (κ3) is 2.66. The molecule has 2 heteroatoms. The van der Waals surface area contributed by atoms with Crippen molar-refractivity contribution in [1.29, 1.82) is 0 Å². The highest BCUT2D eigenvalue weighted by Gasteiger charge is 2.12. The lowest BCUT2D eigenvalue weighted by molar-refractivity contribution is 0.738. The van der Waals surface area contributed by atoms with E-state index in [1.165, 1.54) is 11.1 Å². The van der Waals surface area contributed by atoms with Crippen LogP contribution in [-0.4, -0.2) is 5.75 Å². The Morgan fingerprint density at radius 3 is 3.00 bits per heavy atom. The Labute approximate surface area is 93.4 Å². The van der Waals surface area contributed by atoms with Crippen LogP contribution in [0.3, 0.4) is 0 Å². The zero-order chi connectivity index (χ0) is 8.97. The van der Waals surface area contributed by atoms with E-state index in [-0.39, 0.29) is 0 Å². The molecule has 1 unspecified atom stereocenters. The molecule has 0 saturated heterocycles. The number of halogens is 1. The summed E-state index contributed by atoms with van der Waals surface area (Å²) in [6.07, 6.45) is 7.81. The molecule has 0 spiro atoms. The van der Waals surface area contributed by atoms with Gasteiger partial charge in [0.25, 0.3) is 0 Å². The fourth-order valence-corrected chi connectivity index (χ4v) is 2.21. The molecule has 1 aliphatic rings. The van der Waals surface area contributed by atoms with Gasteiger partial charge in [0.05, 0.1) is 0 Å². The molecule has 1 rings (SSSR count). The van der Waals surface area contributed by atoms with Crippen LogP contribution in [0.4, 0.5) is 0 Å². The molecule has 0 aromatic heterocycles. The van der Waals surface area contributed by atoms with Crippen LogP contribution in [0, 0.1) is 5.92 Å². The van der Waals surface area contributed by atoms with Gasteiger partial charge >= 0.3 is 0 Å². The second-order valence-electron chi connectivity index (χ2n) is 3.04. The molecular weight excluding hydrogens is 279 g/mol. The zero-order valence-corrected chi connectivity index (χ0v) is 10.2. The molecule has 1 atom stereocenters. The first-order chi connectivity index (χ1) is 5.77. The van der Waals surface area contributed by atoms with E-state index in [0.717, 1.165) is 12.2 Å². The van der Waals surface area contributed by atoms with Crippen LogP contribution in [0.2, 0.25) is 0 Å². The van der Waals surface area contributed by atoms with E-state index in [4.69, 9.17) is 0 Å². The van der Waals surface area contributed by atoms with Crippen LogP contribution >= 0.6 is 35.2 Å². The third-order valence-corrected chi connectivity index (χ3v) is 2.87. The SMILES string of the molecule is CC1=CC=C(CS)C(/C=C\I)C1. The Morgan fingerprint density at radius 2 is 2.42 bits per heavy atom. The van der Waals surface area contributed by atoms with Gasteiger partial charge in [0.2, 0.25) is 0 Å². The average molecular weight is 292 g/mol. The van der Waals surface area contributed by atoms with Gasteiger partial charge in [-0.1, -0.05) is 52.0 Å². The predicted molar refractivity (Wildman–Crippen MR) is 67.0 cm³/mol. The molecule has 0 amide bonds. The molecule has 0 aliphatic heterocycles. The van der Waals surface area contributed by atoms with Crippen molar-refractivity contribution in [3.63, 3.8) is 0 Å². The Kier molecular flexibility index (Phi) is 4.43. The molecule has 0 fully saturated rings. The lowest BCUT2D eigenvalue weighted by Crippen LogP contribution is -2.06. The van der Waals surface area contributed by atoms with Crippen molar-refractivity contribution in [1.82, 2.24) is 0 Å². The van der Waals surface area contributed by atoms with Crippen LogP contribution in [0.15, 0.2) is 33.5 Å². The van der Waals surface area contributed by atoms with Gasteiger partial charge in [-0.15, -0.1) is 0 Å². The Bertz CT molecular complexity index is 238. The Hall–Kier alpha value is 0.300. The lowest BCUT2D eigenvalue weighted by atomic mass is 9.89. The van der Waals surface area contributed by atoms with E-state index >= 15 is 0 Å². The minimum Gasteiger partial charge on any atom is -0.175 e. The van der Waals surface area contributed by atoms with Crippen molar-refractivity contribution in [2.75, 3.05) is 5.75 Å². The van der Waals surface area contributed by atoms with Gasteiger partial charge in [-0.2, -0.15) is 12.6 Å². The molecule has 66 valence electrons. The van der Waals surface area contributed by atoms with Gasteiger partial charge in [-0.3, -0.25) is 0 Å². The summed E-state index contributed by atoms with van der Waals surface area (Å²) in [6.45, 7) is 2.18. The van der Waals surface area contributed by atoms with E-state index in [2.05, 4.69) is 64.5 Å². The minimum absolute atomic E-state index is 0.587. The summed E-state index contributed by atoms with van der Waals surface area (Å²) in [5.74, 6) is 1.46. The van der Waals surface area contributed by atoms with Crippen LogP contribution in [0.5, 0.6) is 0 Å². The monoisotopic (exact) mass is 292 g/mol. The maximum atomic E-state index is 4.31. The number of rotatable bonds is 2. The first-order valence-electron chi connectivity index (χ1n) is 4.02. The number of allylic oxidation sites excluding steroid dienone is 4. The number of hydrogen-bond acceptors (Lipinski definition) is 1. The van der Waals surface area contributed by atoms with E-state index in [1.54, 1.807) is 0 Å². The van der Waals surface area contributed by atoms with Crippen molar-refractivity contribution in [3.8, 4) is 0 Å². The Morgan fingerprint density at radius 1 is 1.67 bits per heavy atom.